The van der Waals surface area contributed by atoms with Crippen molar-refractivity contribution in [1.82, 2.24) is 4.72 Å². The summed E-state index contributed by atoms with van der Waals surface area (Å²) in [5.74, 6) is -0.212. The minimum absolute atomic E-state index is 0.0184. The van der Waals surface area contributed by atoms with E-state index in [0.717, 1.165) is 0 Å². The van der Waals surface area contributed by atoms with Gasteiger partial charge in [0, 0.05) is 5.56 Å². The molecule has 0 bridgehead atoms. The Balaban J connectivity index is 3.19. The molecule has 1 atom stereocenters. The normalized spacial score (nSPS) is 14.4. The number of hydrogen-bond acceptors (Lipinski definition) is 4. The first-order valence-electron chi connectivity index (χ1n) is 5.80. The van der Waals surface area contributed by atoms with Crippen LogP contribution >= 0.6 is 0 Å². The molecule has 5 nitrogen and oxygen atoms in total. The fourth-order valence-electron chi connectivity index (χ4n) is 1.41. The maximum atomic E-state index is 12.2. The number of hydrogen-bond donors (Lipinski definition) is 1. The highest BCUT2D eigenvalue weighted by molar-refractivity contribution is 7.89. The van der Waals surface area contributed by atoms with Crippen molar-refractivity contribution in [3.63, 3.8) is 0 Å². The van der Waals surface area contributed by atoms with Crippen LogP contribution in [-0.2, 0) is 10.0 Å². The second-order valence-corrected chi connectivity index (χ2v) is 6.17. The van der Waals surface area contributed by atoms with Gasteiger partial charge >= 0.3 is 0 Å². The second-order valence-electron chi connectivity index (χ2n) is 4.49. The van der Waals surface area contributed by atoms with Gasteiger partial charge in [0.1, 0.15) is 5.54 Å². The van der Waals surface area contributed by atoms with Crippen molar-refractivity contribution in [2.45, 2.75) is 37.6 Å². The molecule has 0 spiro atoms. The van der Waals surface area contributed by atoms with Gasteiger partial charge in [0.25, 0.3) is 0 Å². The van der Waals surface area contributed by atoms with Crippen LogP contribution in [0.5, 0.6) is 0 Å². The molecule has 0 aromatic heterocycles. The fourth-order valence-corrected chi connectivity index (χ4v) is 2.85. The minimum Gasteiger partial charge on any atom is -0.295 e. The van der Waals surface area contributed by atoms with Gasteiger partial charge in [-0.15, -0.1) is 0 Å². The number of nitrogens with one attached hydrogen (secondary N) is 1. The maximum Gasteiger partial charge on any atom is 0.241 e. The largest absolute Gasteiger partial charge is 0.295 e. The van der Waals surface area contributed by atoms with E-state index in [0.29, 0.717) is 12.0 Å². The summed E-state index contributed by atoms with van der Waals surface area (Å²) in [6.45, 7) is 4.60. The summed E-state index contributed by atoms with van der Waals surface area (Å²) in [5, 5.41) is 9.01. The zero-order chi connectivity index (χ0) is 14.7. The van der Waals surface area contributed by atoms with E-state index in [-0.39, 0.29) is 10.7 Å². The summed E-state index contributed by atoms with van der Waals surface area (Å²) < 4.78 is 26.7. The average molecular weight is 280 g/mol. The Kier molecular flexibility index (Phi) is 4.45. The molecule has 0 fully saturated rings. The van der Waals surface area contributed by atoms with Crippen LogP contribution in [-0.4, -0.2) is 19.7 Å². The predicted octanol–water partition coefficient (Wildman–Crippen LogP) is 1.86. The molecule has 1 aromatic carbocycles. The minimum atomic E-state index is -3.82. The summed E-state index contributed by atoms with van der Waals surface area (Å²) >= 11 is 0. The molecule has 6 heteroatoms. The van der Waals surface area contributed by atoms with Crippen molar-refractivity contribution in [2.75, 3.05) is 0 Å². The Morgan fingerprint density at radius 3 is 2.58 bits per heavy atom. The van der Waals surface area contributed by atoms with E-state index in [2.05, 4.69) is 4.72 Å². The van der Waals surface area contributed by atoms with Crippen LogP contribution < -0.4 is 4.72 Å². The van der Waals surface area contributed by atoms with Crippen LogP contribution in [0.1, 0.15) is 37.6 Å². The van der Waals surface area contributed by atoms with E-state index in [1.807, 2.05) is 6.07 Å². The number of rotatable bonds is 5. The van der Waals surface area contributed by atoms with E-state index in [1.54, 1.807) is 13.0 Å². The second kappa shape index (κ2) is 5.51. The first kappa shape index (κ1) is 15.3. The van der Waals surface area contributed by atoms with E-state index in [9.17, 15) is 13.2 Å². The summed E-state index contributed by atoms with van der Waals surface area (Å²) in [6.07, 6.45) is 0.342. The number of carbonyl (C=O) groups excluding carboxylic acids is 1. The molecule has 19 heavy (non-hydrogen) atoms. The van der Waals surface area contributed by atoms with Gasteiger partial charge in [-0.3, -0.25) is 4.79 Å². The van der Waals surface area contributed by atoms with E-state index >= 15 is 0 Å². The number of carbonyl (C=O) groups is 1. The van der Waals surface area contributed by atoms with Crippen LogP contribution in [0.15, 0.2) is 29.2 Å². The van der Waals surface area contributed by atoms with Crippen LogP contribution in [0.2, 0.25) is 0 Å². The zero-order valence-electron chi connectivity index (χ0n) is 11.1. The molecule has 0 heterocycles. The van der Waals surface area contributed by atoms with Crippen molar-refractivity contribution in [2.24, 2.45) is 0 Å². The SMILES string of the molecule is CCC(C)(C#N)NS(=O)(=O)c1cccc(C(C)=O)c1. The highest BCUT2D eigenvalue weighted by Crippen LogP contribution is 2.16. The van der Waals surface area contributed by atoms with Crippen LogP contribution in [0.4, 0.5) is 0 Å². The lowest BCUT2D eigenvalue weighted by Gasteiger charge is -2.21. The highest BCUT2D eigenvalue weighted by Gasteiger charge is 2.29. The van der Waals surface area contributed by atoms with E-state index < -0.39 is 15.6 Å². The van der Waals surface area contributed by atoms with Crippen LogP contribution in [0, 0.1) is 11.3 Å². The van der Waals surface area contributed by atoms with Crippen molar-refractivity contribution in [3.05, 3.63) is 29.8 Å². The number of ketones is 1. The molecule has 0 aliphatic heterocycles. The molecule has 0 aliphatic rings. The molecule has 1 unspecified atom stereocenters. The molecule has 102 valence electrons. The molecule has 0 saturated heterocycles. The Morgan fingerprint density at radius 1 is 1.47 bits per heavy atom. The Hall–Kier alpha value is -1.71. The lowest BCUT2D eigenvalue weighted by Crippen LogP contribution is -2.44. The van der Waals surface area contributed by atoms with Gasteiger partial charge in [-0.2, -0.15) is 9.98 Å². The first-order chi connectivity index (χ1) is 8.74. The number of benzene rings is 1. The third-order valence-electron chi connectivity index (χ3n) is 2.86. The molecular formula is C13H16N2O3S. The summed E-state index contributed by atoms with van der Waals surface area (Å²) in [6, 6.07) is 7.68. The zero-order valence-corrected chi connectivity index (χ0v) is 11.9. The van der Waals surface area contributed by atoms with E-state index in [4.69, 9.17) is 5.26 Å². The lowest BCUT2D eigenvalue weighted by molar-refractivity contribution is 0.101. The van der Waals surface area contributed by atoms with Crippen LogP contribution in [0.3, 0.4) is 0 Å². The third kappa shape index (κ3) is 3.63. The van der Waals surface area contributed by atoms with Crippen LogP contribution in [0.25, 0.3) is 0 Å². The Bertz CT molecular complexity index is 632. The van der Waals surface area contributed by atoms with Gasteiger partial charge in [0.2, 0.25) is 10.0 Å². The Labute approximate surface area is 113 Å². The van der Waals surface area contributed by atoms with Gasteiger partial charge in [-0.1, -0.05) is 19.1 Å². The van der Waals surface area contributed by atoms with Crippen molar-refractivity contribution >= 4 is 15.8 Å². The first-order valence-corrected chi connectivity index (χ1v) is 7.28. The van der Waals surface area contributed by atoms with Gasteiger partial charge < -0.3 is 0 Å². The Morgan fingerprint density at radius 2 is 2.11 bits per heavy atom. The number of nitriles is 1. The topological polar surface area (TPSA) is 87.0 Å². The molecule has 1 N–H and O–H groups in total. The smallest absolute Gasteiger partial charge is 0.241 e. The molecular weight excluding hydrogens is 264 g/mol. The fraction of sp³-hybridized carbons (Fsp3) is 0.385. The molecule has 0 saturated carbocycles. The van der Waals surface area contributed by atoms with Crippen molar-refractivity contribution in [1.29, 1.82) is 5.26 Å². The third-order valence-corrected chi connectivity index (χ3v) is 4.46. The van der Waals surface area contributed by atoms with Gasteiger partial charge in [-0.05, 0) is 32.4 Å². The molecule has 0 aliphatic carbocycles. The number of sulfonamides is 1. The van der Waals surface area contributed by atoms with E-state index in [1.165, 1.54) is 32.0 Å². The number of Topliss-reactive ketones (excluding diaryl/α,β-unsaturated/α-hetero) is 1. The maximum absolute atomic E-state index is 12.2. The summed E-state index contributed by atoms with van der Waals surface area (Å²) in [5.41, 5.74) is -0.844. The molecule has 0 amide bonds. The molecule has 1 rings (SSSR count). The van der Waals surface area contributed by atoms with Gasteiger partial charge in [0.15, 0.2) is 5.78 Å². The van der Waals surface area contributed by atoms with Crippen molar-refractivity contribution < 1.29 is 13.2 Å². The summed E-state index contributed by atoms with van der Waals surface area (Å²) in [4.78, 5) is 11.2. The quantitative estimate of drug-likeness (QED) is 0.834. The lowest BCUT2D eigenvalue weighted by atomic mass is 10.0. The summed E-state index contributed by atoms with van der Waals surface area (Å²) in [7, 11) is -3.82. The average Bonchev–Trinajstić information content (AvgIpc) is 2.38. The standard InChI is InChI=1S/C13H16N2O3S/c1-4-13(3,9-14)15-19(17,18)12-7-5-6-11(8-12)10(2)16/h5-8,15H,4H2,1-3H3. The predicted molar refractivity (Wildman–Crippen MR) is 71.1 cm³/mol. The monoisotopic (exact) mass is 280 g/mol. The molecule has 1 aromatic rings. The van der Waals surface area contributed by atoms with Crippen molar-refractivity contribution in [3.8, 4) is 6.07 Å². The molecule has 0 radical (unpaired) electrons. The van der Waals surface area contributed by atoms with Gasteiger partial charge in [0.05, 0.1) is 11.0 Å². The van der Waals surface area contributed by atoms with Gasteiger partial charge in [-0.25, -0.2) is 8.42 Å². The highest BCUT2D eigenvalue weighted by atomic mass is 32.2. The number of nitrogens with zero attached hydrogens (tertiary/aromatic N) is 1.